The Balaban J connectivity index is 1.52. The number of likely N-dealkylation sites (tertiary alicyclic amines) is 1. The average Bonchev–Trinajstić information content (AvgIpc) is 3.02. The molecule has 3 fully saturated rings. The Labute approximate surface area is 126 Å². The summed E-state index contributed by atoms with van der Waals surface area (Å²) in [6.45, 7) is 3.18. The first kappa shape index (κ1) is 14.8. The number of fused-ring (bicyclic) bond motifs is 2. The monoisotopic (exact) mass is 294 g/mol. The van der Waals surface area contributed by atoms with Gasteiger partial charge in [-0.2, -0.15) is 0 Å². The van der Waals surface area contributed by atoms with Crippen molar-refractivity contribution in [3.05, 3.63) is 0 Å². The molecular weight excluding hydrogens is 268 g/mol. The first-order valence-electron chi connectivity index (χ1n) is 8.39. The lowest BCUT2D eigenvalue weighted by Gasteiger charge is -2.39. The highest BCUT2D eigenvalue weighted by Crippen LogP contribution is 2.40. The fraction of sp³-hybridized carbons (Fsp3) is 0.875. The van der Waals surface area contributed by atoms with E-state index in [2.05, 4.69) is 9.80 Å². The van der Waals surface area contributed by atoms with E-state index in [0.29, 0.717) is 24.4 Å². The standard InChI is InChI=1S/C16H26N2O3/c19-15(5-8-17-6-1-2-7-17)18-13-3-4-14(18)10-12(9-13)11-16(20)21/h12-14H,1-11H2,(H,20,21). The van der Waals surface area contributed by atoms with E-state index in [1.807, 2.05) is 0 Å². The molecule has 0 aromatic heterocycles. The molecule has 5 heteroatoms. The Kier molecular flexibility index (Phi) is 4.48. The molecule has 0 aromatic rings. The van der Waals surface area contributed by atoms with Crippen LogP contribution in [0.25, 0.3) is 0 Å². The normalized spacial score (nSPS) is 32.6. The molecule has 0 aromatic carbocycles. The minimum atomic E-state index is -0.701. The Morgan fingerprint density at radius 3 is 2.24 bits per heavy atom. The number of carbonyl (C=O) groups excluding carboxylic acids is 1. The number of nitrogens with zero attached hydrogens (tertiary/aromatic N) is 2. The molecule has 3 aliphatic heterocycles. The second-order valence-electron chi connectivity index (χ2n) is 6.92. The van der Waals surface area contributed by atoms with Gasteiger partial charge in [-0.25, -0.2) is 0 Å². The summed E-state index contributed by atoms with van der Waals surface area (Å²) in [6, 6.07) is 0.610. The third kappa shape index (κ3) is 3.39. The van der Waals surface area contributed by atoms with Crippen LogP contribution >= 0.6 is 0 Å². The summed E-state index contributed by atoms with van der Waals surface area (Å²) in [5.41, 5.74) is 0. The minimum absolute atomic E-state index is 0.266. The smallest absolute Gasteiger partial charge is 0.303 e. The Bertz CT molecular complexity index is 392. The number of rotatable bonds is 5. The molecule has 3 heterocycles. The van der Waals surface area contributed by atoms with Gasteiger partial charge in [0.1, 0.15) is 0 Å². The predicted molar refractivity (Wildman–Crippen MR) is 78.9 cm³/mol. The van der Waals surface area contributed by atoms with Crippen molar-refractivity contribution in [2.75, 3.05) is 19.6 Å². The molecule has 3 rings (SSSR count). The average molecular weight is 294 g/mol. The highest BCUT2D eigenvalue weighted by molar-refractivity contribution is 5.77. The van der Waals surface area contributed by atoms with Crippen LogP contribution in [0.2, 0.25) is 0 Å². The number of carboxylic acid groups (broad SMARTS) is 1. The van der Waals surface area contributed by atoms with Gasteiger partial charge < -0.3 is 14.9 Å². The second-order valence-corrected chi connectivity index (χ2v) is 6.92. The molecule has 0 radical (unpaired) electrons. The molecule has 2 atom stereocenters. The summed E-state index contributed by atoms with van der Waals surface area (Å²) < 4.78 is 0. The summed E-state index contributed by atoms with van der Waals surface area (Å²) in [5.74, 6) is -0.140. The third-order valence-electron chi connectivity index (χ3n) is 5.42. The third-order valence-corrected chi connectivity index (χ3v) is 5.42. The number of carboxylic acids is 1. The van der Waals surface area contributed by atoms with Crippen molar-refractivity contribution in [2.45, 2.75) is 63.5 Å². The van der Waals surface area contributed by atoms with Crippen molar-refractivity contribution >= 4 is 11.9 Å². The Hall–Kier alpha value is -1.10. The van der Waals surface area contributed by atoms with Crippen LogP contribution in [0.15, 0.2) is 0 Å². The highest BCUT2D eigenvalue weighted by atomic mass is 16.4. The van der Waals surface area contributed by atoms with E-state index in [4.69, 9.17) is 5.11 Å². The van der Waals surface area contributed by atoms with Gasteiger partial charge in [-0.15, -0.1) is 0 Å². The zero-order valence-electron chi connectivity index (χ0n) is 12.7. The van der Waals surface area contributed by atoms with Gasteiger partial charge >= 0.3 is 5.97 Å². The van der Waals surface area contributed by atoms with Gasteiger partial charge in [0, 0.05) is 31.5 Å². The molecule has 2 bridgehead atoms. The molecular formula is C16H26N2O3. The van der Waals surface area contributed by atoms with E-state index in [0.717, 1.165) is 45.3 Å². The predicted octanol–water partition coefficient (Wildman–Crippen LogP) is 1.72. The lowest BCUT2D eigenvalue weighted by atomic mass is 9.88. The van der Waals surface area contributed by atoms with Crippen LogP contribution in [0, 0.1) is 5.92 Å². The van der Waals surface area contributed by atoms with Crippen LogP contribution in [0.5, 0.6) is 0 Å². The summed E-state index contributed by atoms with van der Waals surface area (Å²) in [5, 5.41) is 8.95. The SMILES string of the molecule is O=C(O)CC1CC2CCC(C1)N2C(=O)CCN1CCCC1. The molecule has 2 unspecified atom stereocenters. The molecule has 118 valence electrons. The molecule has 1 amide bonds. The first-order valence-corrected chi connectivity index (χ1v) is 8.39. The van der Waals surface area contributed by atoms with Crippen molar-refractivity contribution in [1.29, 1.82) is 0 Å². The number of piperidine rings is 1. The largest absolute Gasteiger partial charge is 0.481 e. The fourth-order valence-electron chi connectivity index (χ4n) is 4.50. The van der Waals surface area contributed by atoms with Gasteiger partial charge in [-0.05, 0) is 57.5 Å². The van der Waals surface area contributed by atoms with Gasteiger partial charge in [-0.3, -0.25) is 9.59 Å². The molecule has 3 saturated heterocycles. The van der Waals surface area contributed by atoms with Crippen molar-refractivity contribution in [1.82, 2.24) is 9.80 Å². The molecule has 3 aliphatic rings. The maximum absolute atomic E-state index is 12.5. The number of amides is 1. The first-order chi connectivity index (χ1) is 10.1. The molecule has 0 saturated carbocycles. The number of carbonyl (C=O) groups is 2. The summed E-state index contributed by atoms with van der Waals surface area (Å²) in [7, 11) is 0. The van der Waals surface area contributed by atoms with Crippen LogP contribution in [-0.4, -0.2) is 58.5 Å². The summed E-state index contributed by atoms with van der Waals surface area (Å²) in [4.78, 5) is 27.9. The van der Waals surface area contributed by atoms with Crippen LogP contribution in [0.4, 0.5) is 0 Å². The molecule has 5 nitrogen and oxygen atoms in total. The van der Waals surface area contributed by atoms with E-state index in [9.17, 15) is 9.59 Å². The van der Waals surface area contributed by atoms with Crippen molar-refractivity contribution in [3.63, 3.8) is 0 Å². The van der Waals surface area contributed by atoms with Gasteiger partial charge in [0.15, 0.2) is 0 Å². The Morgan fingerprint density at radius 2 is 1.67 bits per heavy atom. The zero-order valence-corrected chi connectivity index (χ0v) is 12.7. The quantitative estimate of drug-likeness (QED) is 0.838. The van der Waals surface area contributed by atoms with Crippen LogP contribution < -0.4 is 0 Å². The lowest BCUT2D eigenvalue weighted by Crippen LogP contribution is -2.47. The maximum atomic E-state index is 12.5. The number of aliphatic carboxylic acids is 1. The Morgan fingerprint density at radius 1 is 1.05 bits per heavy atom. The van der Waals surface area contributed by atoms with Crippen molar-refractivity contribution in [2.24, 2.45) is 5.92 Å². The topological polar surface area (TPSA) is 60.9 Å². The maximum Gasteiger partial charge on any atom is 0.303 e. The van der Waals surface area contributed by atoms with Crippen molar-refractivity contribution < 1.29 is 14.7 Å². The van der Waals surface area contributed by atoms with Crippen molar-refractivity contribution in [3.8, 4) is 0 Å². The van der Waals surface area contributed by atoms with E-state index in [-0.39, 0.29) is 12.3 Å². The highest BCUT2D eigenvalue weighted by Gasteiger charge is 2.43. The van der Waals surface area contributed by atoms with E-state index < -0.39 is 5.97 Å². The van der Waals surface area contributed by atoms with Crippen LogP contribution in [0.3, 0.4) is 0 Å². The summed E-state index contributed by atoms with van der Waals surface area (Å²) in [6.07, 6.45) is 7.34. The van der Waals surface area contributed by atoms with Crippen LogP contribution in [0.1, 0.15) is 51.4 Å². The van der Waals surface area contributed by atoms with Gasteiger partial charge in [0.05, 0.1) is 0 Å². The second kappa shape index (κ2) is 6.34. The molecule has 1 N–H and O–H groups in total. The van der Waals surface area contributed by atoms with Gasteiger partial charge in [0.25, 0.3) is 0 Å². The molecule has 0 aliphatic carbocycles. The summed E-state index contributed by atoms with van der Waals surface area (Å²) >= 11 is 0. The zero-order chi connectivity index (χ0) is 14.8. The minimum Gasteiger partial charge on any atom is -0.481 e. The molecule has 0 spiro atoms. The van der Waals surface area contributed by atoms with E-state index in [1.54, 1.807) is 0 Å². The molecule has 21 heavy (non-hydrogen) atoms. The van der Waals surface area contributed by atoms with Crippen LogP contribution in [-0.2, 0) is 9.59 Å². The fourth-order valence-corrected chi connectivity index (χ4v) is 4.50. The lowest BCUT2D eigenvalue weighted by molar-refractivity contribution is -0.140. The van der Waals surface area contributed by atoms with Gasteiger partial charge in [-0.1, -0.05) is 0 Å². The van der Waals surface area contributed by atoms with E-state index >= 15 is 0 Å². The van der Waals surface area contributed by atoms with Gasteiger partial charge in [0.2, 0.25) is 5.91 Å². The number of hydrogen-bond donors (Lipinski definition) is 1. The number of hydrogen-bond acceptors (Lipinski definition) is 3. The van der Waals surface area contributed by atoms with E-state index in [1.165, 1.54) is 12.8 Å².